The molecule has 3 rings (SSSR count). The Kier molecular flexibility index (Phi) is 3.15. The van der Waals surface area contributed by atoms with Gasteiger partial charge in [-0.15, -0.1) is 11.3 Å². The van der Waals surface area contributed by atoms with Gasteiger partial charge in [0.25, 0.3) is 0 Å². The molecule has 1 atom stereocenters. The van der Waals surface area contributed by atoms with Crippen molar-refractivity contribution in [3.05, 3.63) is 40.6 Å². The largest absolute Gasteiger partial charge is 0.351 e. The molecule has 0 radical (unpaired) electrons. The van der Waals surface area contributed by atoms with E-state index in [4.69, 9.17) is 0 Å². The maximum atomic E-state index is 11.9. The zero-order valence-corrected chi connectivity index (χ0v) is 10.8. The van der Waals surface area contributed by atoms with Gasteiger partial charge in [0.1, 0.15) is 5.82 Å². The van der Waals surface area contributed by atoms with Gasteiger partial charge in [-0.2, -0.15) is 0 Å². The number of carbonyl (C=O) groups excluding carboxylic acids is 1. The van der Waals surface area contributed by atoms with Crippen molar-refractivity contribution in [1.29, 1.82) is 0 Å². The van der Waals surface area contributed by atoms with E-state index in [1.165, 1.54) is 0 Å². The fourth-order valence-corrected chi connectivity index (χ4v) is 3.04. The number of imidazole rings is 1. The Morgan fingerprint density at radius 3 is 3.39 bits per heavy atom. The molecule has 1 unspecified atom stereocenters. The van der Waals surface area contributed by atoms with Gasteiger partial charge in [0.2, 0.25) is 5.91 Å². The van der Waals surface area contributed by atoms with Crippen LogP contribution < -0.4 is 5.32 Å². The van der Waals surface area contributed by atoms with Crippen LogP contribution in [0.4, 0.5) is 0 Å². The minimum absolute atomic E-state index is 0.117. The number of rotatable bonds is 3. The van der Waals surface area contributed by atoms with E-state index in [1.807, 2.05) is 29.9 Å². The fraction of sp³-hybridized carbons (Fsp3) is 0.385. The molecule has 0 aromatic carbocycles. The topological polar surface area (TPSA) is 46.9 Å². The van der Waals surface area contributed by atoms with Crippen molar-refractivity contribution in [2.75, 3.05) is 0 Å². The van der Waals surface area contributed by atoms with Crippen molar-refractivity contribution in [1.82, 2.24) is 14.9 Å². The number of amides is 1. The summed E-state index contributed by atoms with van der Waals surface area (Å²) in [4.78, 5) is 17.3. The Balaban J connectivity index is 1.56. The summed E-state index contributed by atoms with van der Waals surface area (Å²) in [5.74, 6) is 1.24. The number of thiophene rings is 1. The van der Waals surface area contributed by atoms with E-state index in [0.29, 0.717) is 6.42 Å². The highest BCUT2D eigenvalue weighted by atomic mass is 32.1. The van der Waals surface area contributed by atoms with Gasteiger partial charge in [0, 0.05) is 36.3 Å². The van der Waals surface area contributed by atoms with Crippen molar-refractivity contribution in [2.45, 2.75) is 31.8 Å². The lowest BCUT2D eigenvalue weighted by molar-refractivity contribution is -0.121. The van der Waals surface area contributed by atoms with Gasteiger partial charge >= 0.3 is 0 Å². The average molecular weight is 261 g/mol. The molecule has 2 aromatic rings. The zero-order valence-electron chi connectivity index (χ0n) is 10.0. The van der Waals surface area contributed by atoms with Gasteiger partial charge in [-0.25, -0.2) is 4.98 Å². The molecule has 1 aliphatic rings. The van der Waals surface area contributed by atoms with Crippen molar-refractivity contribution in [2.24, 2.45) is 0 Å². The van der Waals surface area contributed by atoms with Crippen LogP contribution in [0.1, 0.15) is 17.1 Å². The summed E-state index contributed by atoms with van der Waals surface area (Å²) in [7, 11) is 0. The lowest BCUT2D eigenvalue weighted by Gasteiger charge is -2.24. The fourth-order valence-electron chi connectivity index (χ4n) is 2.33. The number of aromatic nitrogens is 2. The maximum absolute atomic E-state index is 11.9. The van der Waals surface area contributed by atoms with Gasteiger partial charge in [0.15, 0.2) is 0 Å². The van der Waals surface area contributed by atoms with Crippen LogP contribution in [0.25, 0.3) is 0 Å². The van der Waals surface area contributed by atoms with Gasteiger partial charge < -0.3 is 9.88 Å². The number of hydrogen-bond acceptors (Lipinski definition) is 3. The van der Waals surface area contributed by atoms with Crippen LogP contribution in [0.2, 0.25) is 0 Å². The lowest BCUT2D eigenvalue weighted by atomic mass is 10.1. The molecule has 3 heterocycles. The Bertz CT molecular complexity index is 532. The van der Waals surface area contributed by atoms with Gasteiger partial charge in [0.05, 0.1) is 6.42 Å². The normalized spacial score (nSPS) is 18.3. The molecular formula is C13H15N3OS. The van der Waals surface area contributed by atoms with Crippen LogP contribution in [-0.2, 0) is 24.2 Å². The summed E-state index contributed by atoms with van der Waals surface area (Å²) in [6, 6.07) is 4.21. The van der Waals surface area contributed by atoms with E-state index in [0.717, 1.165) is 30.1 Å². The van der Waals surface area contributed by atoms with Crippen LogP contribution in [0.3, 0.4) is 0 Å². The molecule has 18 heavy (non-hydrogen) atoms. The summed E-state index contributed by atoms with van der Waals surface area (Å²) < 4.78 is 2.12. The van der Waals surface area contributed by atoms with Gasteiger partial charge in [-0.05, 0) is 17.9 Å². The molecule has 0 saturated carbocycles. The van der Waals surface area contributed by atoms with Crippen LogP contribution in [0.15, 0.2) is 29.9 Å². The highest BCUT2D eigenvalue weighted by Gasteiger charge is 2.20. The van der Waals surface area contributed by atoms with Gasteiger partial charge in [-0.3, -0.25) is 4.79 Å². The second-order valence-corrected chi connectivity index (χ2v) is 5.59. The van der Waals surface area contributed by atoms with Crippen molar-refractivity contribution < 1.29 is 4.79 Å². The van der Waals surface area contributed by atoms with Crippen LogP contribution in [0.5, 0.6) is 0 Å². The Labute approximate surface area is 110 Å². The van der Waals surface area contributed by atoms with Crippen LogP contribution in [0, 0.1) is 0 Å². The third-order valence-corrected chi connectivity index (χ3v) is 4.09. The Morgan fingerprint density at radius 1 is 1.61 bits per heavy atom. The van der Waals surface area contributed by atoms with Crippen LogP contribution in [-0.4, -0.2) is 21.5 Å². The molecular weight excluding hydrogens is 246 g/mol. The second-order valence-electron chi connectivity index (χ2n) is 4.56. The molecule has 1 N–H and O–H groups in total. The minimum Gasteiger partial charge on any atom is -0.351 e. The second kappa shape index (κ2) is 4.94. The molecule has 4 nitrogen and oxygen atoms in total. The first-order valence-corrected chi connectivity index (χ1v) is 7.01. The monoisotopic (exact) mass is 261 g/mol. The van der Waals surface area contributed by atoms with E-state index in [2.05, 4.69) is 14.9 Å². The number of aryl methyl sites for hydroxylation is 1. The van der Waals surface area contributed by atoms with Crippen molar-refractivity contribution in [3.8, 4) is 0 Å². The maximum Gasteiger partial charge on any atom is 0.225 e. The molecule has 0 fully saturated rings. The summed E-state index contributed by atoms with van der Waals surface area (Å²) in [6.45, 7) is 0.839. The quantitative estimate of drug-likeness (QED) is 0.912. The molecule has 1 aliphatic heterocycles. The number of nitrogens with zero attached hydrogens (tertiary/aromatic N) is 2. The first-order chi connectivity index (χ1) is 8.81. The summed E-state index contributed by atoms with van der Waals surface area (Å²) in [5.41, 5.74) is 0. The molecule has 0 spiro atoms. The van der Waals surface area contributed by atoms with Crippen molar-refractivity contribution in [3.63, 3.8) is 0 Å². The van der Waals surface area contributed by atoms with E-state index in [1.54, 1.807) is 11.3 Å². The Morgan fingerprint density at radius 2 is 2.56 bits per heavy atom. The molecule has 0 saturated heterocycles. The summed E-state index contributed by atoms with van der Waals surface area (Å²) in [5, 5.41) is 5.11. The first-order valence-electron chi connectivity index (χ1n) is 6.13. The SMILES string of the molecule is O=C(Cc1cccs1)NC1CCc2nccn2C1. The first kappa shape index (κ1) is 11.5. The number of fused-ring (bicyclic) bond motifs is 1. The Hall–Kier alpha value is -1.62. The number of nitrogens with one attached hydrogen (secondary N) is 1. The van der Waals surface area contributed by atoms with Crippen molar-refractivity contribution >= 4 is 17.2 Å². The molecule has 5 heteroatoms. The third-order valence-electron chi connectivity index (χ3n) is 3.22. The third kappa shape index (κ3) is 2.46. The van der Waals surface area contributed by atoms with E-state index < -0.39 is 0 Å². The van der Waals surface area contributed by atoms with Crippen LogP contribution >= 0.6 is 11.3 Å². The predicted octanol–water partition coefficient (Wildman–Crippen LogP) is 1.62. The van der Waals surface area contributed by atoms with Gasteiger partial charge in [-0.1, -0.05) is 6.07 Å². The number of hydrogen-bond donors (Lipinski definition) is 1. The van der Waals surface area contributed by atoms with E-state index in [-0.39, 0.29) is 11.9 Å². The zero-order chi connectivity index (χ0) is 12.4. The smallest absolute Gasteiger partial charge is 0.225 e. The average Bonchev–Trinajstić information content (AvgIpc) is 2.98. The predicted molar refractivity (Wildman–Crippen MR) is 70.5 cm³/mol. The highest BCUT2D eigenvalue weighted by Crippen LogP contribution is 2.14. The molecule has 1 amide bonds. The van der Waals surface area contributed by atoms with E-state index in [9.17, 15) is 4.79 Å². The lowest BCUT2D eigenvalue weighted by Crippen LogP contribution is -2.41. The number of carbonyl (C=O) groups is 1. The molecule has 0 aliphatic carbocycles. The minimum atomic E-state index is 0.117. The molecule has 94 valence electrons. The standard InChI is InChI=1S/C13H15N3OS/c17-13(8-11-2-1-7-18-11)15-10-3-4-12-14-5-6-16(12)9-10/h1-2,5-7,10H,3-4,8-9H2,(H,15,17). The van der Waals surface area contributed by atoms with E-state index >= 15 is 0 Å². The summed E-state index contributed by atoms with van der Waals surface area (Å²) >= 11 is 1.63. The molecule has 0 bridgehead atoms. The molecule has 2 aromatic heterocycles. The summed E-state index contributed by atoms with van der Waals surface area (Å²) in [6.07, 6.45) is 6.22. The highest BCUT2D eigenvalue weighted by molar-refractivity contribution is 7.10.